The minimum atomic E-state index is 0.438. The SMILES string of the molecule is N#Cc1ccc(Br)cc1N1CC2(CCOCC2)C1. The third-order valence-corrected chi connectivity index (χ3v) is 4.52. The molecule has 4 heteroatoms. The van der Waals surface area contributed by atoms with Gasteiger partial charge in [0.2, 0.25) is 0 Å². The maximum absolute atomic E-state index is 9.17. The zero-order valence-corrected chi connectivity index (χ0v) is 11.7. The molecule has 0 unspecified atom stereocenters. The summed E-state index contributed by atoms with van der Waals surface area (Å²) in [5.74, 6) is 0. The largest absolute Gasteiger partial charge is 0.381 e. The minimum absolute atomic E-state index is 0.438. The van der Waals surface area contributed by atoms with Crippen molar-refractivity contribution in [1.82, 2.24) is 0 Å². The van der Waals surface area contributed by atoms with E-state index in [9.17, 15) is 0 Å². The second-order valence-electron chi connectivity index (χ2n) is 5.24. The maximum Gasteiger partial charge on any atom is 0.101 e. The van der Waals surface area contributed by atoms with Crippen molar-refractivity contribution < 1.29 is 4.74 Å². The number of rotatable bonds is 1. The second-order valence-corrected chi connectivity index (χ2v) is 6.16. The lowest BCUT2D eigenvalue weighted by Gasteiger charge is -2.53. The highest BCUT2D eigenvalue weighted by atomic mass is 79.9. The Morgan fingerprint density at radius 3 is 2.67 bits per heavy atom. The van der Waals surface area contributed by atoms with E-state index in [1.807, 2.05) is 18.2 Å². The number of ether oxygens (including phenoxy) is 1. The van der Waals surface area contributed by atoms with E-state index in [4.69, 9.17) is 10.00 Å². The van der Waals surface area contributed by atoms with Crippen LogP contribution < -0.4 is 4.90 Å². The van der Waals surface area contributed by atoms with Crippen molar-refractivity contribution in [2.24, 2.45) is 5.41 Å². The van der Waals surface area contributed by atoms with Gasteiger partial charge in [0.25, 0.3) is 0 Å². The Morgan fingerprint density at radius 1 is 1.28 bits per heavy atom. The molecular weight excluding hydrogens is 292 g/mol. The molecule has 1 spiro atoms. The molecule has 3 nitrogen and oxygen atoms in total. The molecule has 1 aromatic rings. The van der Waals surface area contributed by atoms with Gasteiger partial charge in [-0.2, -0.15) is 5.26 Å². The smallest absolute Gasteiger partial charge is 0.101 e. The summed E-state index contributed by atoms with van der Waals surface area (Å²) in [5, 5.41) is 9.17. The summed E-state index contributed by atoms with van der Waals surface area (Å²) < 4.78 is 6.46. The predicted octanol–water partition coefficient (Wildman–Crippen LogP) is 2.94. The first kappa shape index (κ1) is 12.0. The lowest BCUT2D eigenvalue weighted by molar-refractivity contribution is -0.000208. The maximum atomic E-state index is 9.17. The number of benzene rings is 1. The predicted molar refractivity (Wildman–Crippen MR) is 73.6 cm³/mol. The lowest BCUT2D eigenvalue weighted by Crippen LogP contribution is -2.58. The Balaban J connectivity index is 1.78. The number of anilines is 1. The van der Waals surface area contributed by atoms with Crippen LogP contribution in [0.2, 0.25) is 0 Å². The first-order chi connectivity index (χ1) is 8.72. The molecular formula is C14H15BrN2O. The second kappa shape index (κ2) is 4.56. The molecule has 2 fully saturated rings. The topological polar surface area (TPSA) is 36.3 Å². The molecule has 2 aliphatic heterocycles. The summed E-state index contributed by atoms with van der Waals surface area (Å²) in [6.07, 6.45) is 2.30. The van der Waals surface area contributed by atoms with Gasteiger partial charge in [-0.3, -0.25) is 0 Å². The van der Waals surface area contributed by atoms with E-state index in [0.717, 1.165) is 54.9 Å². The number of hydrogen-bond acceptors (Lipinski definition) is 3. The highest BCUT2D eigenvalue weighted by Gasteiger charge is 2.44. The molecule has 0 radical (unpaired) electrons. The average Bonchev–Trinajstić information content (AvgIpc) is 2.37. The van der Waals surface area contributed by atoms with Crippen molar-refractivity contribution >= 4 is 21.6 Å². The molecule has 2 saturated heterocycles. The van der Waals surface area contributed by atoms with E-state index in [0.29, 0.717) is 5.41 Å². The Bertz CT molecular complexity index is 495. The van der Waals surface area contributed by atoms with Gasteiger partial charge in [0.05, 0.1) is 11.3 Å². The number of halogens is 1. The van der Waals surface area contributed by atoms with Crippen LogP contribution in [0.1, 0.15) is 18.4 Å². The Morgan fingerprint density at radius 2 is 2.00 bits per heavy atom. The van der Waals surface area contributed by atoms with E-state index < -0.39 is 0 Å². The van der Waals surface area contributed by atoms with Crippen molar-refractivity contribution in [1.29, 1.82) is 5.26 Å². The van der Waals surface area contributed by atoms with Gasteiger partial charge >= 0.3 is 0 Å². The van der Waals surface area contributed by atoms with Crippen LogP contribution in [-0.4, -0.2) is 26.3 Å². The molecule has 0 N–H and O–H groups in total. The molecule has 0 aliphatic carbocycles. The molecule has 0 atom stereocenters. The average molecular weight is 307 g/mol. The van der Waals surface area contributed by atoms with Crippen molar-refractivity contribution in [2.45, 2.75) is 12.8 Å². The summed E-state index contributed by atoms with van der Waals surface area (Å²) in [6, 6.07) is 8.13. The standard InChI is InChI=1S/C14H15BrN2O/c15-12-2-1-11(8-16)13(7-12)17-9-14(10-17)3-5-18-6-4-14/h1-2,7H,3-6,9-10H2. The Kier molecular flexibility index (Phi) is 3.04. The van der Waals surface area contributed by atoms with E-state index in [-0.39, 0.29) is 0 Å². The highest BCUT2D eigenvalue weighted by Crippen LogP contribution is 2.43. The van der Waals surface area contributed by atoms with Gasteiger partial charge in [-0.1, -0.05) is 15.9 Å². The highest BCUT2D eigenvalue weighted by molar-refractivity contribution is 9.10. The van der Waals surface area contributed by atoms with Gasteiger partial charge in [-0.05, 0) is 31.0 Å². The molecule has 3 rings (SSSR count). The third kappa shape index (κ3) is 2.02. The van der Waals surface area contributed by atoms with Gasteiger partial charge in [0.1, 0.15) is 6.07 Å². The molecule has 0 aromatic heterocycles. The molecule has 0 bridgehead atoms. The molecule has 2 heterocycles. The summed E-state index contributed by atoms with van der Waals surface area (Å²) in [4.78, 5) is 2.31. The van der Waals surface area contributed by atoms with E-state index in [2.05, 4.69) is 26.9 Å². The van der Waals surface area contributed by atoms with Gasteiger partial charge in [0.15, 0.2) is 0 Å². The monoisotopic (exact) mass is 306 g/mol. The van der Waals surface area contributed by atoms with Crippen molar-refractivity contribution in [2.75, 3.05) is 31.2 Å². The van der Waals surface area contributed by atoms with Crippen LogP contribution >= 0.6 is 15.9 Å². The number of hydrogen-bond donors (Lipinski definition) is 0. The molecule has 0 saturated carbocycles. The third-order valence-electron chi connectivity index (χ3n) is 4.03. The fourth-order valence-corrected chi connectivity index (χ4v) is 3.26. The molecule has 2 aliphatic rings. The fourth-order valence-electron chi connectivity index (χ4n) is 2.92. The molecule has 18 heavy (non-hydrogen) atoms. The first-order valence-corrected chi connectivity index (χ1v) is 7.04. The van der Waals surface area contributed by atoms with Crippen LogP contribution in [0.3, 0.4) is 0 Å². The zero-order chi connectivity index (χ0) is 12.6. The molecule has 1 aromatic carbocycles. The van der Waals surface area contributed by atoms with E-state index in [1.165, 1.54) is 0 Å². The first-order valence-electron chi connectivity index (χ1n) is 6.25. The van der Waals surface area contributed by atoms with E-state index >= 15 is 0 Å². The summed E-state index contributed by atoms with van der Waals surface area (Å²) in [7, 11) is 0. The summed E-state index contributed by atoms with van der Waals surface area (Å²) in [5.41, 5.74) is 2.26. The molecule has 94 valence electrons. The van der Waals surface area contributed by atoms with Crippen molar-refractivity contribution in [3.05, 3.63) is 28.2 Å². The van der Waals surface area contributed by atoms with Gasteiger partial charge < -0.3 is 9.64 Å². The quantitative estimate of drug-likeness (QED) is 0.800. The normalized spacial score (nSPS) is 21.4. The zero-order valence-electron chi connectivity index (χ0n) is 10.2. The minimum Gasteiger partial charge on any atom is -0.381 e. The summed E-state index contributed by atoms with van der Waals surface area (Å²) in [6.45, 7) is 3.89. The van der Waals surface area contributed by atoms with Crippen molar-refractivity contribution in [3.63, 3.8) is 0 Å². The summed E-state index contributed by atoms with van der Waals surface area (Å²) >= 11 is 3.48. The van der Waals surface area contributed by atoms with Gasteiger partial charge in [0, 0.05) is 36.2 Å². The number of nitrogens with zero attached hydrogens (tertiary/aromatic N) is 2. The Hall–Kier alpha value is -1.05. The van der Waals surface area contributed by atoms with Crippen LogP contribution in [0, 0.1) is 16.7 Å². The van der Waals surface area contributed by atoms with E-state index in [1.54, 1.807) is 0 Å². The van der Waals surface area contributed by atoms with Crippen LogP contribution in [0.15, 0.2) is 22.7 Å². The lowest BCUT2D eigenvalue weighted by atomic mass is 9.73. The van der Waals surface area contributed by atoms with Crippen LogP contribution in [0.5, 0.6) is 0 Å². The number of nitriles is 1. The fraction of sp³-hybridized carbons (Fsp3) is 0.500. The van der Waals surface area contributed by atoms with Gasteiger partial charge in [-0.25, -0.2) is 0 Å². The Labute approximate surface area is 115 Å². The van der Waals surface area contributed by atoms with Gasteiger partial charge in [-0.15, -0.1) is 0 Å². The van der Waals surface area contributed by atoms with Crippen LogP contribution in [-0.2, 0) is 4.74 Å². The van der Waals surface area contributed by atoms with Crippen molar-refractivity contribution in [3.8, 4) is 6.07 Å². The van der Waals surface area contributed by atoms with Crippen LogP contribution in [0.4, 0.5) is 5.69 Å². The van der Waals surface area contributed by atoms with Crippen LogP contribution in [0.25, 0.3) is 0 Å². The molecule has 0 amide bonds.